The lowest BCUT2D eigenvalue weighted by Gasteiger charge is -2.13. The Bertz CT molecular complexity index is 1090. The number of rotatable bonds is 5. The number of nitrogens with zero attached hydrogens (tertiary/aromatic N) is 3. The Labute approximate surface area is 160 Å². The molecule has 1 aliphatic heterocycles. The van der Waals surface area contributed by atoms with Gasteiger partial charge in [0.05, 0.1) is 28.6 Å². The molecule has 7 heteroatoms. The van der Waals surface area contributed by atoms with Gasteiger partial charge >= 0.3 is 5.97 Å². The van der Waals surface area contributed by atoms with Gasteiger partial charge in [0, 0.05) is 12.5 Å². The van der Waals surface area contributed by atoms with E-state index in [9.17, 15) is 14.4 Å². The Balaban J connectivity index is 1.32. The van der Waals surface area contributed by atoms with E-state index >= 15 is 0 Å². The average Bonchev–Trinajstić information content (AvgIpc) is 3.46. The molecule has 2 aliphatic rings. The highest BCUT2D eigenvalue weighted by Crippen LogP contribution is 2.40. The van der Waals surface area contributed by atoms with Crippen LogP contribution in [0.15, 0.2) is 48.5 Å². The Morgan fingerprint density at radius 3 is 2.32 bits per heavy atom. The van der Waals surface area contributed by atoms with Crippen LogP contribution in [0.25, 0.3) is 11.0 Å². The highest BCUT2D eigenvalue weighted by atomic mass is 16.7. The standard InChI is InChI=1S/C21H17N3O4/c25-18(28-24-20(26)14-5-1-2-6-15(14)21(24)27)11-12-23-17-8-4-3-7-16(17)22-19(23)13-9-10-13/h1-8,13H,9-12H2. The summed E-state index contributed by atoms with van der Waals surface area (Å²) in [5.41, 5.74) is 2.37. The molecule has 0 unspecified atom stereocenters. The van der Waals surface area contributed by atoms with Crippen LogP contribution in [0.4, 0.5) is 0 Å². The first-order valence-corrected chi connectivity index (χ1v) is 9.27. The molecule has 0 saturated heterocycles. The van der Waals surface area contributed by atoms with Crippen molar-refractivity contribution in [3.8, 4) is 0 Å². The number of hydrogen-bond donors (Lipinski definition) is 0. The van der Waals surface area contributed by atoms with Crippen molar-refractivity contribution in [1.82, 2.24) is 14.6 Å². The summed E-state index contributed by atoms with van der Waals surface area (Å²) in [7, 11) is 0. The number of aryl methyl sites for hydroxylation is 1. The highest BCUT2D eigenvalue weighted by Gasteiger charge is 2.38. The minimum absolute atomic E-state index is 0.0352. The zero-order valence-corrected chi connectivity index (χ0v) is 15.0. The quantitative estimate of drug-likeness (QED) is 0.640. The molecule has 0 atom stereocenters. The van der Waals surface area contributed by atoms with E-state index < -0.39 is 17.8 Å². The van der Waals surface area contributed by atoms with Crippen molar-refractivity contribution in [2.45, 2.75) is 31.7 Å². The fourth-order valence-corrected chi connectivity index (χ4v) is 3.58. The van der Waals surface area contributed by atoms with Gasteiger partial charge in [-0.1, -0.05) is 29.3 Å². The van der Waals surface area contributed by atoms with E-state index in [1.54, 1.807) is 24.3 Å². The van der Waals surface area contributed by atoms with Crippen molar-refractivity contribution in [1.29, 1.82) is 0 Å². The Kier molecular flexibility index (Phi) is 3.75. The highest BCUT2D eigenvalue weighted by molar-refractivity contribution is 6.20. The van der Waals surface area contributed by atoms with Gasteiger partial charge in [-0.05, 0) is 37.1 Å². The third kappa shape index (κ3) is 2.67. The summed E-state index contributed by atoms with van der Waals surface area (Å²) >= 11 is 0. The maximum Gasteiger partial charge on any atom is 0.335 e. The van der Waals surface area contributed by atoms with Crippen LogP contribution >= 0.6 is 0 Å². The largest absolute Gasteiger partial charge is 0.335 e. The molecule has 28 heavy (non-hydrogen) atoms. The van der Waals surface area contributed by atoms with Crippen molar-refractivity contribution in [3.05, 3.63) is 65.5 Å². The summed E-state index contributed by atoms with van der Waals surface area (Å²) in [5.74, 6) is -0.440. The maximum atomic E-state index is 12.4. The van der Waals surface area contributed by atoms with E-state index in [-0.39, 0.29) is 17.5 Å². The van der Waals surface area contributed by atoms with Crippen LogP contribution in [-0.2, 0) is 16.2 Å². The molecule has 2 amide bonds. The summed E-state index contributed by atoms with van der Waals surface area (Å²) in [6, 6.07) is 14.2. The third-order valence-electron chi connectivity index (χ3n) is 5.12. The zero-order valence-electron chi connectivity index (χ0n) is 15.0. The van der Waals surface area contributed by atoms with Gasteiger partial charge in [-0.2, -0.15) is 0 Å². The maximum absolute atomic E-state index is 12.4. The number of imide groups is 1. The summed E-state index contributed by atoms with van der Waals surface area (Å²) in [4.78, 5) is 46.8. The Morgan fingerprint density at radius 1 is 1.00 bits per heavy atom. The van der Waals surface area contributed by atoms with Crippen molar-refractivity contribution in [2.24, 2.45) is 0 Å². The van der Waals surface area contributed by atoms with Crippen LogP contribution in [0.1, 0.15) is 51.7 Å². The smallest absolute Gasteiger partial charge is 0.330 e. The number of imidazole rings is 1. The molecule has 1 aromatic heterocycles. The summed E-state index contributed by atoms with van der Waals surface area (Å²) in [5, 5.41) is 0.556. The molecule has 0 bridgehead atoms. The van der Waals surface area contributed by atoms with Crippen molar-refractivity contribution in [3.63, 3.8) is 0 Å². The number of carbonyl (C=O) groups is 3. The third-order valence-corrected chi connectivity index (χ3v) is 5.12. The molecule has 140 valence electrons. The molecular formula is C21H17N3O4. The van der Waals surface area contributed by atoms with Crippen molar-refractivity contribution in [2.75, 3.05) is 0 Å². The second-order valence-electron chi connectivity index (χ2n) is 7.05. The summed E-state index contributed by atoms with van der Waals surface area (Å²) < 4.78 is 2.04. The number of fused-ring (bicyclic) bond motifs is 2. The number of benzene rings is 2. The lowest BCUT2D eigenvalue weighted by Crippen LogP contribution is -2.33. The SMILES string of the molecule is O=C(CCn1c(C2CC2)nc2ccccc21)ON1C(=O)c2ccccc2C1=O. The molecule has 2 aromatic carbocycles. The van der Waals surface area contributed by atoms with Gasteiger partial charge in [0.2, 0.25) is 0 Å². The number of aromatic nitrogens is 2. The van der Waals surface area contributed by atoms with E-state index in [1.807, 2.05) is 28.8 Å². The first-order chi connectivity index (χ1) is 13.6. The molecule has 3 aromatic rings. The lowest BCUT2D eigenvalue weighted by atomic mass is 10.1. The Morgan fingerprint density at radius 2 is 1.64 bits per heavy atom. The second kappa shape index (κ2) is 6.30. The van der Waals surface area contributed by atoms with Crippen LogP contribution < -0.4 is 0 Å². The summed E-state index contributed by atoms with van der Waals surface area (Å²) in [6.07, 6.45) is 2.24. The predicted octanol–water partition coefficient (Wildman–Crippen LogP) is 3.06. The van der Waals surface area contributed by atoms with Gasteiger partial charge in [-0.15, -0.1) is 0 Å². The number of carbonyl (C=O) groups excluding carboxylic acids is 3. The molecular weight excluding hydrogens is 358 g/mol. The van der Waals surface area contributed by atoms with Gasteiger partial charge in [0.15, 0.2) is 0 Å². The molecule has 7 nitrogen and oxygen atoms in total. The van der Waals surface area contributed by atoms with E-state index in [1.165, 1.54) is 0 Å². The number of hydroxylamine groups is 2. The van der Waals surface area contributed by atoms with Crippen LogP contribution in [0.3, 0.4) is 0 Å². The van der Waals surface area contributed by atoms with E-state index in [0.29, 0.717) is 17.5 Å². The van der Waals surface area contributed by atoms with Crippen LogP contribution in [-0.4, -0.2) is 32.4 Å². The Hall–Kier alpha value is -3.48. The van der Waals surface area contributed by atoms with Gasteiger partial charge in [0.1, 0.15) is 5.82 Å². The minimum Gasteiger partial charge on any atom is -0.330 e. The topological polar surface area (TPSA) is 81.5 Å². The van der Waals surface area contributed by atoms with Gasteiger partial charge < -0.3 is 9.40 Å². The van der Waals surface area contributed by atoms with E-state index in [4.69, 9.17) is 9.82 Å². The van der Waals surface area contributed by atoms with Crippen LogP contribution in [0.2, 0.25) is 0 Å². The van der Waals surface area contributed by atoms with E-state index in [0.717, 1.165) is 29.7 Å². The monoisotopic (exact) mass is 375 g/mol. The summed E-state index contributed by atoms with van der Waals surface area (Å²) in [6.45, 7) is 0.383. The first kappa shape index (κ1) is 16.7. The molecule has 0 N–H and O–H groups in total. The molecule has 1 saturated carbocycles. The van der Waals surface area contributed by atoms with Crippen molar-refractivity contribution >= 4 is 28.8 Å². The minimum atomic E-state index is -0.631. The molecule has 1 fully saturated rings. The average molecular weight is 375 g/mol. The molecule has 0 radical (unpaired) electrons. The van der Waals surface area contributed by atoms with Crippen LogP contribution in [0.5, 0.6) is 0 Å². The van der Waals surface area contributed by atoms with Gasteiger partial charge in [0.25, 0.3) is 11.8 Å². The van der Waals surface area contributed by atoms with Gasteiger partial charge in [-0.3, -0.25) is 9.59 Å². The fraction of sp³-hybridized carbons (Fsp3) is 0.238. The van der Waals surface area contributed by atoms with E-state index in [2.05, 4.69) is 0 Å². The predicted molar refractivity (Wildman–Crippen MR) is 99.4 cm³/mol. The molecule has 2 heterocycles. The van der Waals surface area contributed by atoms with Crippen LogP contribution in [0, 0.1) is 0 Å². The normalized spacial score (nSPS) is 15.9. The number of para-hydroxylation sites is 2. The first-order valence-electron chi connectivity index (χ1n) is 9.27. The fourth-order valence-electron chi connectivity index (χ4n) is 3.58. The lowest BCUT2D eigenvalue weighted by molar-refractivity contribution is -0.168. The zero-order chi connectivity index (χ0) is 19.3. The molecule has 1 aliphatic carbocycles. The number of amides is 2. The van der Waals surface area contributed by atoms with Gasteiger partial charge in [-0.25, -0.2) is 9.78 Å². The number of hydrogen-bond acceptors (Lipinski definition) is 5. The van der Waals surface area contributed by atoms with Crippen molar-refractivity contribution < 1.29 is 19.2 Å². The molecule has 5 rings (SSSR count). The second-order valence-corrected chi connectivity index (χ2v) is 7.05. The molecule has 0 spiro atoms.